The van der Waals surface area contributed by atoms with Crippen LogP contribution in [0.4, 0.5) is 0 Å². The highest BCUT2D eigenvalue weighted by Crippen LogP contribution is 2.24. The molecule has 17 heavy (non-hydrogen) atoms. The number of nitrogens with zero attached hydrogens (tertiary/aromatic N) is 1. The van der Waals surface area contributed by atoms with E-state index in [0.29, 0.717) is 12.5 Å². The van der Waals surface area contributed by atoms with Crippen LogP contribution in [0, 0.1) is 5.92 Å². The molecular formula is C15H19NO. The van der Waals surface area contributed by atoms with Crippen LogP contribution in [0.1, 0.15) is 26.3 Å². The third-order valence-electron chi connectivity index (χ3n) is 2.67. The normalized spacial score (nSPS) is 11.1. The van der Waals surface area contributed by atoms with Crippen molar-refractivity contribution in [2.24, 2.45) is 5.92 Å². The summed E-state index contributed by atoms with van der Waals surface area (Å²) in [6.07, 6.45) is 1.01. The lowest BCUT2D eigenvalue weighted by Crippen LogP contribution is -2.03. The van der Waals surface area contributed by atoms with Crippen molar-refractivity contribution in [3.8, 4) is 5.88 Å². The topological polar surface area (TPSA) is 22.1 Å². The average Bonchev–Trinajstić information content (AvgIpc) is 2.29. The molecule has 2 heteroatoms. The van der Waals surface area contributed by atoms with Gasteiger partial charge in [0.15, 0.2) is 0 Å². The minimum atomic E-state index is 0.608. The van der Waals surface area contributed by atoms with Gasteiger partial charge in [-0.15, -0.1) is 0 Å². The van der Waals surface area contributed by atoms with Crippen LogP contribution in [-0.2, 0) is 6.42 Å². The summed E-state index contributed by atoms with van der Waals surface area (Å²) in [5, 5.41) is 1.19. The van der Waals surface area contributed by atoms with Crippen LogP contribution < -0.4 is 4.74 Å². The van der Waals surface area contributed by atoms with Crippen molar-refractivity contribution in [1.29, 1.82) is 0 Å². The Morgan fingerprint density at radius 1 is 1.24 bits per heavy atom. The first-order valence-corrected chi connectivity index (χ1v) is 6.22. The Bertz CT molecular complexity index is 505. The van der Waals surface area contributed by atoms with Crippen LogP contribution in [-0.4, -0.2) is 11.6 Å². The van der Waals surface area contributed by atoms with Crippen LogP contribution in [0.2, 0.25) is 0 Å². The van der Waals surface area contributed by atoms with Gasteiger partial charge in [-0.3, -0.25) is 0 Å². The molecule has 2 aromatic rings. The highest BCUT2D eigenvalue weighted by atomic mass is 16.5. The second-order valence-corrected chi connectivity index (χ2v) is 4.68. The van der Waals surface area contributed by atoms with E-state index in [9.17, 15) is 0 Å². The minimum absolute atomic E-state index is 0.608. The van der Waals surface area contributed by atoms with E-state index in [2.05, 4.69) is 31.0 Å². The summed E-state index contributed by atoms with van der Waals surface area (Å²) in [5.41, 5.74) is 2.21. The van der Waals surface area contributed by atoms with E-state index < -0.39 is 0 Å². The summed E-state index contributed by atoms with van der Waals surface area (Å²) >= 11 is 0. The predicted molar refractivity (Wildman–Crippen MR) is 71.5 cm³/mol. The summed E-state index contributed by atoms with van der Waals surface area (Å²) in [6, 6.07) is 10.4. The molecule has 1 aromatic carbocycles. The second-order valence-electron chi connectivity index (χ2n) is 4.68. The number of para-hydroxylation sites is 1. The van der Waals surface area contributed by atoms with Gasteiger partial charge in [-0.05, 0) is 31.4 Å². The van der Waals surface area contributed by atoms with E-state index >= 15 is 0 Å². The molecular weight excluding hydrogens is 210 g/mol. The van der Waals surface area contributed by atoms with Gasteiger partial charge in [0.2, 0.25) is 5.88 Å². The number of aromatic nitrogens is 1. The Labute approximate surface area is 103 Å². The Balaban J connectivity index is 2.49. The largest absolute Gasteiger partial charge is 0.478 e. The molecule has 0 amide bonds. The van der Waals surface area contributed by atoms with Gasteiger partial charge in [0.1, 0.15) is 0 Å². The lowest BCUT2D eigenvalue weighted by Gasteiger charge is -2.12. The molecule has 0 saturated carbocycles. The summed E-state index contributed by atoms with van der Waals surface area (Å²) in [7, 11) is 0. The zero-order valence-electron chi connectivity index (χ0n) is 10.7. The quantitative estimate of drug-likeness (QED) is 0.794. The van der Waals surface area contributed by atoms with Gasteiger partial charge in [0.05, 0.1) is 12.1 Å². The number of fused-ring (bicyclic) bond motifs is 1. The molecule has 0 saturated heterocycles. The first-order valence-electron chi connectivity index (χ1n) is 6.22. The van der Waals surface area contributed by atoms with E-state index in [-0.39, 0.29) is 0 Å². The van der Waals surface area contributed by atoms with E-state index in [1.54, 1.807) is 0 Å². The molecule has 0 aliphatic carbocycles. The molecule has 0 fully saturated rings. The predicted octanol–water partition coefficient (Wildman–Crippen LogP) is 3.83. The second kappa shape index (κ2) is 5.17. The summed E-state index contributed by atoms with van der Waals surface area (Å²) in [5.74, 6) is 1.40. The van der Waals surface area contributed by atoms with E-state index in [1.165, 1.54) is 10.9 Å². The number of rotatable bonds is 4. The molecule has 1 aromatic heterocycles. The summed E-state index contributed by atoms with van der Waals surface area (Å²) in [6.45, 7) is 7.09. The van der Waals surface area contributed by atoms with Gasteiger partial charge in [-0.25, -0.2) is 4.98 Å². The molecule has 0 aliphatic rings. The van der Waals surface area contributed by atoms with Crippen molar-refractivity contribution < 1.29 is 4.74 Å². The fourth-order valence-corrected chi connectivity index (χ4v) is 1.99. The van der Waals surface area contributed by atoms with Gasteiger partial charge < -0.3 is 4.74 Å². The van der Waals surface area contributed by atoms with Gasteiger partial charge in [-0.2, -0.15) is 0 Å². The molecule has 0 aliphatic heterocycles. The smallest absolute Gasteiger partial charge is 0.217 e. The summed E-state index contributed by atoms with van der Waals surface area (Å²) in [4.78, 5) is 4.60. The standard InChI is InChI=1S/C15H19NO/c1-4-17-15-13(9-11(2)3)10-12-7-5-6-8-14(12)16-15/h5-8,10-11H,4,9H2,1-3H3. The first kappa shape index (κ1) is 11.9. The third-order valence-corrected chi connectivity index (χ3v) is 2.67. The molecule has 90 valence electrons. The maximum absolute atomic E-state index is 5.63. The Hall–Kier alpha value is -1.57. The van der Waals surface area contributed by atoms with Gasteiger partial charge in [0, 0.05) is 10.9 Å². The zero-order valence-corrected chi connectivity index (χ0v) is 10.7. The number of ether oxygens (including phenoxy) is 1. The molecule has 2 nitrogen and oxygen atoms in total. The number of hydrogen-bond acceptors (Lipinski definition) is 2. The molecule has 0 bridgehead atoms. The Kier molecular flexibility index (Phi) is 3.62. The van der Waals surface area contributed by atoms with Crippen molar-refractivity contribution >= 4 is 10.9 Å². The highest BCUT2D eigenvalue weighted by molar-refractivity contribution is 5.80. The van der Waals surface area contributed by atoms with E-state index in [0.717, 1.165) is 17.8 Å². The molecule has 0 unspecified atom stereocenters. The van der Waals surface area contributed by atoms with Crippen LogP contribution in [0.5, 0.6) is 5.88 Å². The van der Waals surface area contributed by atoms with Crippen LogP contribution in [0.15, 0.2) is 30.3 Å². The van der Waals surface area contributed by atoms with Crippen molar-refractivity contribution in [1.82, 2.24) is 4.98 Å². The SMILES string of the molecule is CCOc1nc2ccccc2cc1CC(C)C. The maximum atomic E-state index is 5.63. The monoisotopic (exact) mass is 229 g/mol. The first-order chi connectivity index (χ1) is 8.20. The highest BCUT2D eigenvalue weighted by Gasteiger charge is 2.09. The Morgan fingerprint density at radius 3 is 2.71 bits per heavy atom. The van der Waals surface area contributed by atoms with Crippen molar-refractivity contribution in [3.05, 3.63) is 35.9 Å². The lowest BCUT2D eigenvalue weighted by molar-refractivity contribution is 0.322. The van der Waals surface area contributed by atoms with E-state index in [1.807, 2.05) is 25.1 Å². The third kappa shape index (κ3) is 2.76. The van der Waals surface area contributed by atoms with Crippen molar-refractivity contribution in [2.45, 2.75) is 27.2 Å². The maximum Gasteiger partial charge on any atom is 0.217 e. The number of benzene rings is 1. The van der Waals surface area contributed by atoms with Crippen molar-refractivity contribution in [3.63, 3.8) is 0 Å². The zero-order chi connectivity index (χ0) is 12.3. The molecule has 0 spiro atoms. The lowest BCUT2D eigenvalue weighted by atomic mass is 10.0. The minimum Gasteiger partial charge on any atom is -0.478 e. The van der Waals surface area contributed by atoms with Crippen LogP contribution in [0.3, 0.4) is 0 Å². The van der Waals surface area contributed by atoms with E-state index in [4.69, 9.17) is 4.74 Å². The molecule has 0 atom stereocenters. The number of pyridine rings is 1. The fraction of sp³-hybridized carbons (Fsp3) is 0.400. The van der Waals surface area contributed by atoms with Crippen molar-refractivity contribution in [2.75, 3.05) is 6.61 Å². The average molecular weight is 229 g/mol. The van der Waals surface area contributed by atoms with Crippen LogP contribution in [0.25, 0.3) is 10.9 Å². The van der Waals surface area contributed by atoms with Crippen LogP contribution >= 0.6 is 0 Å². The fourth-order valence-electron chi connectivity index (χ4n) is 1.99. The molecule has 2 rings (SSSR count). The Morgan fingerprint density at radius 2 is 2.00 bits per heavy atom. The molecule has 1 heterocycles. The van der Waals surface area contributed by atoms with Gasteiger partial charge >= 0.3 is 0 Å². The number of hydrogen-bond donors (Lipinski definition) is 0. The summed E-state index contributed by atoms with van der Waals surface area (Å²) < 4.78 is 5.63. The van der Waals surface area contributed by atoms with Gasteiger partial charge in [0.25, 0.3) is 0 Å². The van der Waals surface area contributed by atoms with Gasteiger partial charge in [-0.1, -0.05) is 32.0 Å². The molecule has 0 N–H and O–H groups in total. The molecule has 0 radical (unpaired) electrons.